The van der Waals surface area contributed by atoms with E-state index in [1.54, 1.807) is 24.3 Å². The van der Waals surface area contributed by atoms with E-state index in [0.29, 0.717) is 36.6 Å². The van der Waals surface area contributed by atoms with Gasteiger partial charge in [-0.05, 0) is 88.1 Å². The Kier molecular flexibility index (Phi) is 8.99. The Morgan fingerprint density at radius 2 is 1.63 bits per heavy atom. The van der Waals surface area contributed by atoms with Crippen molar-refractivity contribution in [3.8, 4) is 5.75 Å². The zero-order chi connectivity index (χ0) is 30.9. The minimum atomic E-state index is -1.16. The zero-order valence-electron chi connectivity index (χ0n) is 25.7. The number of hydrogen-bond donors (Lipinski definition) is 3. The van der Waals surface area contributed by atoms with Gasteiger partial charge in [-0.2, -0.15) is 0 Å². The first-order valence-electron chi connectivity index (χ1n) is 15.5. The Balaban J connectivity index is 1.43. The van der Waals surface area contributed by atoms with Crippen molar-refractivity contribution in [2.45, 2.75) is 71.2 Å². The van der Waals surface area contributed by atoms with E-state index in [9.17, 15) is 19.5 Å². The first-order chi connectivity index (χ1) is 20.7. The number of ether oxygens (including phenoxy) is 2. The lowest BCUT2D eigenvalue weighted by Gasteiger charge is -2.38. The lowest BCUT2D eigenvalue weighted by molar-refractivity contribution is -0.144. The molecule has 10 heteroatoms. The van der Waals surface area contributed by atoms with E-state index in [1.807, 2.05) is 45.0 Å². The van der Waals surface area contributed by atoms with Crippen molar-refractivity contribution in [1.29, 1.82) is 0 Å². The average Bonchev–Trinajstić information content (AvgIpc) is 3.63. The molecule has 0 radical (unpaired) electrons. The fourth-order valence-electron chi connectivity index (χ4n) is 7.25. The van der Waals surface area contributed by atoms with Crippen molar-refractivity contribution in [3.63, 3.8) is 0 Å². The number of carbonyl (C=O) groups is 3. The Bertz CT molecular complexity index is 1310. The van der Waals surface area contributed by atoms with E-state index in [4.69, 9.17) is 9.47 Å². The number of benzene rings is 2. The highest BCUT2D eigenvalue weighted by atomic mass is 16.5. The molecule has 2 aromatic carbocycles. The van der Waals surface area contributed by atoms with Crippen molar-refractivity contribution < 1.29 is 29.0 Å². The molecule has 3 aliphatic heterocycles. The van der Waals surface area contributed by atoms with E-state index in [1.165, 1.54) is 4.90 Å². The highest BCUT2D eigenvalue weighted by Gasteiger charge is 2.75. The number of fused-ring (bicyclic) bond motifs is 1. The highest BCUT2D eigenvalue weighted by molar-refractivity contribution is 6.05. The van der Waals surface area contributed by atoms with E-state index in [2.05, 4.69) is 29.4 Å². The molecule has 0 aliphatic carbocycles. The molecule has 2 aromatic rings. The van der Waals surface area contributed by atoms with Gasteiger partial charge in [-0.1, -0.05) is 13.8 Å². The van der Waals surface area contributed by atoms with Crippen LogP contribution in [0.4, 0.5) is 17.1 Å². The van der Waals surface area contributed by atoms with Crippen molar-refractivity contribution in [1.82, 2.24) is 4.90 Å². The van der Waals surface area contributed by atoms with Gasteiger partial charge in [0.2, 0.25) is 17.7 Å². The summed E-state index contributed by atoms with van der Waals surface area (Å²) in [6.07, 6.45) is 0.563. The van der Waals surface area contributed by atoms with Gasteiger partial charge < -0.3 is 35.0 Å². The van der Waals surface area contributed by atoms with Crippen molar-refractivity contribution in [3.05, 3.63) is 48.5 Å². The van der Waals surface area contributed by atoms with Crippen LogP contribution < -0.4 is 20.3 Å². The maximum absolute atomic E-state index is 14.3. The van der Waals surface area contributed by atoms with Crippen LogP contribution in [0.3, 0.4) is 0 Å². The van der Waals surface area contributed by atoms with Crippen LogP contribution in [0.2, 0.25) is 0 Å². The SMILES string of the molecule is CCOc1ccc(NC(=O)[C@@H]2[C@@H]3CCC4(O3)C(C(=O)Nc3ccc(N(CC)CC)cc3)N([C@@H](CO)C(C)C)C(=O)[C@H]24)cc1. The summed E-state index contributed by atoms with van der Waals surface area (Å²) in [5.41, 5.74) is 1.09. The van der Waals surface area contributed by atoms with Crippen LogP contribution in [0.1, 0.15) is 47.5 Å². The molecular formula is C33H44N4O6. The number of carbonyl (C=O) groups excluding carboxylic acids is 3. The van der Waals surface area contributed by atoms with E-state index in [-0.39, 0.29) is 30.2 Å². The summed E-state index contributed by atoms with van der Waals surface area (Å²) in [6, 6.07) is 13.1. The molecule has 6 atom stereocenters. The van der Waals surface area contributed by atoms with Gasteiger partial charge in [-0.3, -0.25) is 14.4 Å². The van der Waals surface area contributed by atoms with Crippen LogP contribution in [-0.4, -0.2) is 77.8 Å². The lowest BCUT2D eigenvalue weighted by Crippen LogP contribution is -2.57. The number of amides is 3. The third-order valence-corrected chi connectivity index (χ3v) is 9.30. The highest BCUT2D eigenvalue weighted by Crippen LogP contribution is 2.59. The molecule has 232 valence electrons. The Morgan fingerprint density at radius 3 is 2.19 bits per heavy atom. The number of aliphatic hydroxyl groups is 1. The molecule has 1 spiro atoms. The van der Waals surface area contributed by atoms with E-state index in [0.717, 1.165) is 18.8 Å². The summed E-state index contributed by atoms with van der Waals surface area (Å²) < 4.78 is 12.0. The van der Waals surface area contributed by atoms with Crippen molar-refractivity contribution >= 4 is 34.8 Å². The maximum Gasteiger partial charge on any atom is 0.250 e. The molecular weight excluding hydrogens is 548 g/mol. The normalized spacial score (nSPS) is 26.4. The smallest absolute Gasteiger partial charge is 0.250 e. The quantitative estimate of drug-likeness (QED) is 0.342. The second-order valence-corrected chi connectivity index (χ2v) is 12.0. The zero-order valence-corrected chi connectivity index (χ0v) is 25.7. The van der Waals surface area contributed by atoms with Gasteiger partial charge in [-0.25, -0.2) is 0 Å². The molecule has 0 aromatic heterocycles. The van der Waals surface area contributed by atoms with Gasteiger partial charge in [0.1, 0.15) is 17.4 Å². The fraction of sp³-hybridized carbons (Fsp3) is 0.545. The predicted molar refractivity (Wildman–Crippen MR) is 165 cm³/mol. The third kappa shape index (κ3) is 5.47. The Morgan fingerprint density at radius 1 is 1.02 bits per heavy atom. The molecule has 3 fully saturated rings. The predicted octanol–water partition coefficient (Wildman–Crippen LogP) is 3.90. The molecule has 3 aliphatic rings. The van der Waals surface area contributed by atoms with Crippen LogP contribution in [0, 0.1) is 17.8 Å². The van der Waals surface area contributed by atoms with Gasteiger partial charge in [0, 0.05) is 30.2 Å². The van der Waals surface area contributed by atoms with Gasteiger partial charge in [0.05, 0.1) is 37.2 Å². The minimum Gasteiger partial charge on any atom is -0.494 e. The number of nitrogens with one attached hydrogen (secondary N) is 2. The number of nitrogens with zero attached hydrogens (tertiary/aromatic N) is 2. The maximum atomic E-state index is 14.3. The summed E-state index contributed by atoms with van der Waals surface area (Å²) in [5.74, 6) is -2.02. The van der Waals surface area contributed by atoms with Crippen molar-refractivity contribution in [2.24, 2.45) is 17.8 Å². The monoisotopic (exact) mass is 592 g/mol. The Hall–Kier alpha value is -3.63. The summed E-state index contributed by atoms with van der Waals surface area (Å²) in [4.78, 5) is 45.9. The number of rotatable bonds is 12. The number of hydrogen-bond acceptors (Lipinski definition) is 7. The van der Waals surface area contributed by atoms with E-state index >= 15 is 0 Å². The standard InChI is InChI=1S/C33H44N4O6/c1-6-36(7-2)23-13-9-21(10-14-23)35-31(40)29-33-18-17-26(43-33)27(28(33)32(41)37(29)25(19-38)20(4)5)30(39)34-22-11-15-24(16-12-22)42-8-3/h9-16,20,25-29,38H,6-8,17-19H2,1-5H3,(H,34,39)(H,35,40)/t25-,26-,27+,28-,29?,33?/m0/s1. The van der Waals surface area contributed by atoms with Gasteiger partial charge in [0.15, 0.2) is 0 Å². The van der Waals surface area contributed by atoms with Crippen LogP contribution in [0.5, 0.6) is 5.75 Å². The second kappa shape index (κ2) is 12.5. The molecule has 3 heterocycles. The molecule has 2 unspecified atom stereocenters. The van der Waals surface area contributed by atoms with Gasteiger partial charge >= 0.3 is 0 Å². The van der Waals surface area contributed by atoms with Gasteiger partial charge in [-0.15, -0.1) is 0 Å². The molecule has 43 heavy (non-hydrogen) atoms. The molecule has 0 saturated carbocycles. The number of aliphatic hydroxyl groups excluding tert-OH is 1. The molecule has 3 saturated heterocycles. The van der Waals surface area contributed by atoms with Crippen LogP contribution in [0.15, 0.2) is 48.5 Å². The van der Waals surface area contributed by atoms with Gasteiger partial charge in [0.25, 0.3) is 0 Å². The largest absolute Gasteiger partial charge is 0.494 e. The number of anilines is 3. The minimum absolute atomic E-state index is 0.124. The second-order valence-electron chi connectivity index (χ2n) is 12.0. The van der Waals surface area contributed by atoms with Crippen LogP contribution >= 0.6 is 0 Å². The summed E-state index contributed by atoms with van der Waals surface area (Å²) in [7, 11) is 0. The molecule has 3 N–H and O–H groups in total. The first-order valence-corrected chi connectivity index (χ1v) is 15.5. The van der Waals surface area contributed by atoms with Crippen molar-refractivity contribution in [2.75, 3.05) is 41.8 Å². The van der Waals surface area contributed by atoms with Crippen LogP contribution in [-0.2, 0) is 19.1 Å². The van der Waals surface area contributed by atoms with Crippen LogP contribution in [0.25, 0.3) is 0 Å². The van der Waals surface area contributed by atoms with E-state index < -0.39 is 35.6 Å². The molecule has 10 nitrogen and oxygen atoms in total. The average molecular weight is 593 g/mol. The summed E-state index contributed by atoms with van der Waals surface area (Å²) in [5, 5.41) is 16.4. The molecule has 2 bridgehead atoms. The number of likely N-dealkylation sites (tertiary alicyclic amines) is 1. The fourth-order valence-corrected chi connectivity index (χ4v) is 7.25. The third-order valence-electron chi connectivity index (χ3n) is 9.30. The molecule has 5 rings (SSSR count). The molecule has 3 amide bonds. The first kappa shape index (κ1) is 30.8. The lowest BCUT2D eigenvalue weighted by atomic mass is 9.70. The summed E-state index contributed by atoms with van der Waals surface area (Å²) >= 11 is 0. The Labute approximate surface area is 253 Å². The topological polar surface area (TPSA) is 120 Å². The summed E-state index contributed by atoms with van der Waals surface area (Å²) in [6.45, 7) is 11.9.